The third-order valence-electron chi connectivity index (χ3n) is 5.98. The van der Waals surface area contributed by atoms with Crippen LogP contribution in [0.4, 0.5) is 0 Å². The number of nitrogens with zero attached hydrogens (tertiary/aromatic N) is 2. The molecule has 0 bridgehead atoms. The zero-order chi connectivity index (χ0) is 21.1. The van der Waals surface area contributed by atoms with Crippen LogP contribution in [0.2, 0.25) is 0 Å². The van der Waals surface area contributed by atoms with Crippen LogP contribution in [0, 0.1) is 6.92 Å². The fraction of sp³-hybridized carbons (Fsp3) is 0.375. The van der Waals surface area contributed by atoms with Gasteiger partial charge >= 0.3 is 0 Å². The monoisotopic (exact) mass is 405 g/mol. The smallest absolute Gasteiger partial charge is 0.261 e. The van der Waals surface area contributed by atoms with E-state index >= 15 is 0 Å². The Labute approximate surface area is 176 Å². The summed E-state index contributed by atoms with van der Waals surface area (Å²) in [5, 5.41) is 3.02. The van der Waals surface area contributed by atoms with Crippen molar-refractivity contribution in [3.05, 3.63) is 70.8 Å². The molecule has 0 spiro atoms. The van der Waals surface area contributed by atoms with Crippen LogP contribution in [0.5, 0.6) is 0 Å². The lowest BCUT2D eigenvalue weighted by Crippen LogP contribution is -2.39. The number of hydrogen-bond acceptors (Lipinski definition) is 4. The van der Waals surface area contributed by atoms with Gasteiger partial charge in [0, 0.05) is 19.5 Å². The molecule has 4 rings (SSSR count). The predicted octanol–water partition coefficient (Wildman–Crippen LogP) is 2.93. The molecule has 2 aliphatic heterocycles. The second-order valence-corrected chi connectivity index (χ2v) is 8.03. The Kier molecular flexibility index (Phi) is 5.95. The maximum atomic E-state index is 12.5. The minimum atomic E-state index is -0.321. The van der Waals surface area contributed by atoms with Crippen molar-refractivity contribution in [2.24, 2.45) is 0 Å². The van der Waals surface area contributed by atoms with Crippen molar-refractivity contribution in [3.8, 4) is 0 Å². The highest BCUT2D eigenvalue weighted by Crippen LogP contribution is 2.25. The molecule has 1 N–H and O–H groups in total. The van der Waals surface area contributed by atoms with E-state index in [9.17, 15) is 14.4 Å². The molecule has 0 aromatic heterocycles. The van der Waals surface area contributed by atoms with Crippen LogP contribution >= 0.6 is 0 Å². The molecule has 6 heteroatoms. The van der Waals surface area contributed by atoms with Gasteiger partial charge in [0.2, 0.25) is 5.91 Å². The molecular formula is C24H27N3O3. The number of carbonyl (C=O) groups is 3. The summed E-state index contributed by atoms with van der Waals surface area (Å²) in [5.41, 5.74) is 3.24. The maximum Gasteiger partial charge on any atom is 0.261 e. The van der Waals surface area contributed by atoms with Gasteiger partial charge in [0.05, 0.1) is 17.2 Å². The Morgan fingerprint density at radius 1 is 0.967 bits per heavy atom. The van der Waals surface area contributed by atoms with E-state index in [2.05, 4.69) is 41.4 Å². The Balaban J connectivity index is 1.34. The number of fused-ring (bicyclic) bond motifs is 1. The summed E-state index contributed by atoms with van der Waals surface area (Å²) in [7, 11) is 0. The van der Waals surface area contributed by atoms with Gasteiger partial charge in [0.15, 0.2) is 0 Å². The fourth-order valence-electron chi connectivity index (χ4n) is 4.25. The molecule has 2 heterocycles. The molecular weight excluding hydrogens is 378 g/mol. The van der Waals surface area contributed by atoms with Crippen molar-refractivity contribution >= 4 is 17.7 Å². The van der Waals surface area contributed by atoms with Crippen molar-refractivity contribution in [3.63, 3.8) is 0 Å². The molecule has 6 nitrogen and oxygen atoms in total. The molecule has 156 valence electrons. The van der Waals surface area contributed by atoms with E-state index in [0.717, 1.165) is 13.1 Å². The summed E-state index contributed by atoms with van der Waals surface area (Å²) in [6.45, 7) is 4.74. The Hall–Kier alpha value is -2.99. The van der Waals surface area contributed by atoms with Crippen LogP contribution < -0.4 is 5.32 Å². The quantitative estimate of drug-likeness (QED) is 0.719. The molecule has 2 aliphatic rings. The number of aryl methyl sites for hydroxylation is 1. The molecule has 1 fully saturated rings. The molecule has 0 saturated carbocycles. The molecule has 1 atom stereocenters. The number of likely N-dealkylation sites (tertiary alicyclic amines) is 1. The van der Waals surface area contributed by atoms with Gasteiger partial charge in [-0.15, -0.1) is 0 Å². The first-order valence-electron chi connectivity index (χ1n) is 10.6. The van der Waals surface area contributed by atoms with Crippen LogP contribution in [-0.4, -0.2) is 53.7 Å². The number of rotatable bonds is 7. The van der Waals surface area contributed by atoms with Crippen LogP contribution in [-0.2, 0) is 4.79 Å². The van der Waals surface area contributed by atoms with Gasteiger partial charge in [-0.1, -0.05) is 42.0 Å². The third-order valence-corrected chi connectivity index (χ3v) is 5.98. The number of benzene rings is 2. The Morgan fingerprint density at radius 2 is 1.57 bits per heavy atom. The molecule has 2 aromatic rings. The summed E-state index contributed by atoms with van der Waals surface area (Å²) in [4.78, 5) is 41.0. The van der Waals surface area contributed by atoms with Gasteiger partial charge < -0.3 is 5.32 Å². The second-order valence-electron chi connectivity index (χ2n) is 8.03. The third kappa shape index (κ3) is 4.14. The zero-order valence-corrected chi connectivity index (χ0v) is 17.3. The van der Waals surface area contributed by atoms with Gasteiger partial charge in [-0.05, 0) is 50.6 Å². The van der Waals surface area contributed by atoms with E-state index < -0.39 is 0 Å². The highest BCUT2D eigenvalue weighted by atomic mass is 16.2. The second kappa shape index (κ2) is 8.79. The van der Waals surface area contributed by atoms with Gasteiger partial charge in [-0.3, -0.25) is 24.2 Å². The summed E-state index contributed by atoms with van der Waals surface area (Å²) >= 11 is 0. The number of nitrogens with one attached hydrogen (secondary N) is 1. The van der Waals surface area contributed by atoms with E-state index in [-0.39, 0.29) is 36.7 Å². The first-order valence-corrected chi connectivity index (χ1v) is 10.6. The number of carbonyl (C=O) groups excluding carboxylic acids is 3. The lowest BCUT2D eigenvalue weighted by Gasteiger charge is -2.28. The summed E-state index contributed by atoms with van der Waals surface area (Å²) in [6, 6.07) is 15.4. The van der Waals surface area contributed by atoms with E-state index in [1.165, 1.54) is 28.9 Å². The van der Waals surface area contributed by atoms with Crippen molar-refractivity contribution < 1.29 is 14.4 Å². The largest absolute Gasteiger partial charge is 0.354 e. The fourth-order valence-corrected chi connectivity index (χ4v) is 4.25. The summed E-state index contributed by atoms with van der Waals surface area (Å²) in [6.07, 6.45) is 2.46. The summed E-state index contributed by atoms with van der Waals surface area (Å²) in [5.74, 6) is -0.793. The van der Waals surface area contributed by atoms with E-state index in [4.69, 9.17) is 0 Å². The van der Waals surface area contributed by atoms with Gasteiger partial charge in [0.1, 0.15) is 0 Å². The first-order chi connectivity index (χ1) is 14.5. The molecule has 0 unspecified atom stereocenters. The molecule has 3 amide bonds. The van der Waals surface area contributed by atoms with E-state index in [1.807, 2.05) is 0 Å². The summed E-state index contributed by atoms with van der Waals surface area (Å²) < 4.78 is 0. The SMILES string of the molecule is Cc1ccc([C@@H](CNC(=O)CCN2C(=O)c3ccccc3C2=O)N2CCCC2)cc1. The highest BCUT2D eigenvalue weighted by Gasteiger charge is 2.35. The normalized spacial score (nSPS) is 17.3. The van der Waals surface area contributed by atoms with Crippen molar-refractivity contribution in [1.29, 1.82) is 0 Å². The first kappa shape index (κ1) is 20.3. The lowest BCUT2D eigenvalue weighted by molar-refractivity contribution is -0.121. The average molecular weight is 405 g/mol. The number of amides is 3. The number of hydrogen-bond donors (Lipinski definition) is 1. The predicted molar refractivity (Wildman–Crippen MR) is 114 cm³/mol. The van der Waals surface area contributed by atoms with Crippen LogP contribution in [0.3, 0.4) is 0 Å². The molecule has 2 aromatic carbocycles. The van der Waals surface area contributed by atoms with Crippen LogP contribution in [0.25, 0.3) is 0 Å². The minimum Gasteiger partial charge on any atom is -0.354 e. The zero-order valence-electron chi connectivity index (χ0n) is 17.3. The lowest BCUT2D eigenvalue weighted by atomic mass is 10.0. The van der Waals surface area contributed by atoms with E-state index in [0.29, 0.717) is 17.7 Å². The average Bonchev–Trinajstić information content (AvgIpc) is 3.36. The number of imide groups is 1. The van der Waals surface area contributed by atoms with Crippen molar-refractivity contribution in [2.75, 3.05) is 26.2 Å². The molecule has 0 radical (unpaired) electrons. The standard InChI is InChI=1S/C24H27N3O3/c1-17-8-10-18(11-9-17)21(26-13-4-5-14-26)16-25-22(28)12-15-27-23(29)19-6-2-3-7-20(19)24(27)30/h2-3,6-11,21H,4-5,12-16H2,1H3,(H,25,28)/t21-/m1/s1. The molecule has 1 saturated heterocycles. The van der Waals surface area contributed by atoms with Gasteiger partial charge in [0.25, 0.3) is 11.8 Å². The van der Waals surface area contributed by atoms with E-state index in [1.54, 1.807) is 24.3 Å². The Morgan fingerprint density at radius 3 is 2.17 bits per heavy atom. The maximum absolute atomic E-state index is 12.5. The molecule has 30 heavy (non-hydrogen) atoms. The topological polar surface area (TPSA) is 69.7 Å². The van der Waals surface area contributed by atoms with Crippen molar-refractivity contribution in [1.82, 2.24) is 15.1 Å². The highest BCUT2D eigenvalue weighted by molar-refractivity contribution is 6.21. The minimum absolute atomic E-state index is 0.0943. The van der Waals surface area contributed by atoms with Crippen LogP contribution in [0.15, 0.2) is 48.5 Å². The van der Waals surface area contributed by atoms with Crippen molar-refractivity contribution in [2.45, 2.75) is 32.2 Å². The Bertz CT molecular complexity index is 913. The van der Waals surface area contributed by atoms with Gasteiger partial charge in [-0.25, -0.2) is 0 Å². The molecule has 0 aliphatic carbocycles. The van der Waals surface area contributed by atoms with Crippen LogP contribution in [0.1, 0.15) is 57.1 Å². The van der Waals surface area contributed by atoms with Gasteiger partial charge in [-0.2, -0.15) is 0 Å².